The largest absolute Gasteiger partial charge is 0.472 e. The molecule has 0 radical (unpaired) electrons. The maximum Gasteiger partial charge on any atom is 0.472 e. The minimum Gasteiger partial charge on any atom is -0.456 e. The smallest absolute Gasteiger partial charge is 0.456 e. The van der Waals surface area contributed by atoms with Crippen molar-refractivity contribution in [2.24, 2.45) is 0 Å². The van der Waals surface area contributed by atoms with Crippen LogP contribution in [0.4, 0.5) is 0 Å². The lowest BCUT2D eigenvalue weighted by Gasteiger charge is -2.27. The Balaban J connectivity index is 5.19. The Morgan fingerprint density at radius 3 is 1.16 bits per heavy atom. The minimum absolute atomic E-state index is 0.0339. The molecule has 3 unspecified atom stereocenters. The van der Waals surface area contributed by atoms with E-state index < -0.39 is 20.0 Å². The number of esters is 1. The van der Waals surface area contributed by atoms with Gasteiger partial charge >= 0.3 is 13.8 Å². The van der Waals surface area contributed by atoms with Crippen molar-refractivity contribution < 1.29 is 37.3 Å². The zero-order valence-corrected chi connectivity index (χ0v) is 54.0. The number of unbranched alkanes of at least 4 members (excludes halogenated alkanes) is 32. The summed E-state index contributed by atoms with van der Waals surface area (Å²) in [6, 6.07) is -0.861. The fourth-order valence-corrected chi connectivity index (χ4v) is 10.1. The number of nitrogens with zero attached hydrogens (tertiary/aromatic N) is 1. The lowest BCUT2D eigenvalue weighted by atomic mass is 10.0. The third-order valence-electron chi connectivity index (χ3n) is 14.6. The van der Waals surface area contributed by atoms with Gasteiger partial charge < -0.3 is 19.4 Å². The van der Waals surface area contributed by atoms with Gasteiger partial charge in [-0.05, 0) is 109 Å². The molecule has 0 spiro atoms. The third kappa shape index (κ3) is 59.8. The Morgan fingerprint density at radius 1 is 0.438 bits per heavy atom. The molecule has 0 aromatic carbocycles. The molecule has 0 rings (SSSR count). The number of allylic oxidation sites excluding steroid dienone is 13. The van der Waals surface area contributed by atoms with Crippen molar-refractivity contribution in [3.05, 3.63) is 85.1 Å². The highest BCUT2D eigenvalue weighted by Crippen LogP contribution is 2.43. The summed E-state index contributed by atoms with van der Waals surface area (Å²) in [5, 5.41) is 3.06. The Labute approximate surface area is 495 Å². The van der Waals surface area contributed by atoms with Crippen molar-refractivity contribution in [2.45, 2.75) is 309 Å². The summed E-state index contributed by atoms with van der Waals surface area (Å²) in [6.07, 6.45) is 78.6. The number of carbonyl (C=O) groups excluding carboxylic acids is 2. The van der Waals surface area contributed by atoms with Crippen LogP contribution in [0.15, 0.2) is 85.1 Å². The predicted molar refractivity (Wildman–Crippen MR) is 346 cm³/mol. The molecule has 3 atom stereocenters. The maximum absolute atomic E-state index is 13.6. The van der Waals surface area contributed by atoms with Crippen molar-refractivity contribution in [2.75, 3.05) is 40.9 Å². The first-order valence-electron chi connectivity index (χ1n) is 33.4. The van der Waals surface area contributed by atoms with E-state index in [1.165, 1.54) is 167 Å². The SMILES string of the molecule is CCCCC/C=C\C/C=C\C/C=C\CCCCCCCCCCCCC(=O)OC(/C=C/CCCCCCCCCCCC)C(COP(=O)(O)OCC[N+](C)(C)C)NC(=O)CCCCCCCC/C=C\C/C=C\C/C=C\CCCCC. The van der Waals surface area contributed by atoms with Gasteiger partial charge in [0, 0.05) is 12.8 Å². The third-order valence-corrected chi connectivity index (χ3v) is 15.5. The average Bonchev–Trinajstić information content (AvgIpc) is 3.43. The highest BCUT2D eigenvalue weighted by atomic mass is 31.2. The maximum atomic E-state index is 13.6. The van der Waals surface area contributed by atoms with Crippen molar-refractivity contribution >= 4 is 19.7 Å². The van der Waals surface area contributed by atoms with Crippen LogP contribution in [-0.2, 0) is 27.9 Å². The standard InChI is InChI=1S/C70H127N2O7P/c1-7-10-13-16-19-22-25-28-30-32-34-35-36-37-39-41-43-45-48-51-54-57-60-63-70(74)79-68(61-58-55-52-49-46-27-24-21-18-15-12-9-3)67(66-78-80(75,76)77-65-64-72(4,5)6)71-69(73)62-59-56-53-50-47-44-42-40-38-33-31-29-26-23-20-17-14-11-8-2/h19-20,22-23,28-31,34-35,38,40,58,61,67-68H,7-18,21,24-27,32-33,36-37,39,41-57,59-60,62-66H2,1-6H3,(H-,71,73,75,76)/p+1/b22-19-,23-20-,30-28-,31-29-,35-34-,40-38-,61-58+. The van der Waals surface area contributed by atoms with Crippen molar-refractivity contribution in [3.8, 4) is 0 Å². The summed E-state index contributed by atoms with van der Waals surface area (Å²) in [5.74, 6) is -0.521. The van der Waals surface area contributed by atoms with Gasteiger partial charge in [-0.3, -0.25) is 18.6 Å². The molecule has 80 heavy (non-hydrogen) atoms. The number of ether oxygens (including phenoxy) is 1. The molecule has 0 bridgehead atoms. The zero-order valence-electron chi connectivity index (χ0n) is 53.1. The van der Waals surface area contributed by atoms with E-state index in [4.69, 9.17) is 13.8 Å². The van der Waals surface area contributed by atoms with Gasteiger partial charge in [0.25, 0.3) is 0 Å². The second kappa shape index (κ2) is 59.4. The van der Waals surface area contributed by atoms with Crippen LogP contribution in [-0.4, -0.2) is 74.3 Å². The molecular formula is C70H128N2O7P+. The van der Waals surface area contributed by atoms with Crippen LogP contribution in [0, 0.1) is 0 Å². The van der Waals surface area contributed by atoms with Crippen LogP contribution >= 0.6 is 7.82 Å². The minimum atomic E-state index is -4.46. The molecule has 0 heterocycles. The van der Waals surface area contributed by atoms with Gasteiger partial charge in [0.15, 0.2) is 0 Å². The van der Waals surface area contributed by atoms with Crippen LogP contribution < -0.4 is 5.32 Å². The summed E-state index contributed by atoms with van der Waals surface area (Å²) in [7, 11) is 1.48. The molecule has 10 heteroatoms. The molecule has 9 nitrogen and oxygen atoms in total. The highest BCUT2D eigenvalue weighted by Gasteiger charge is 2.30. The Kier molecular flexibility index (Phi) is 57.3. The van der Waals surface area contributed by atoms with Crippen molar-refractivity contribution in [1.82, 2.24) is 5.32 Å². The van der Waals surface area contributed by atoms with Crippen LogP contribution in [0.5, 0.6) is 0 Å². The van der Waals surface area contributed by atoms with Gasteiger partial charge in [-0.2, -0.15) is 0 Å². The topological polar surface area (TPSA) is 111 Å². The number of carbonyl (C=O) groups is 2. The second-order valence-electron chi connectivity index (χ2n) is 23.6. The zero-order chi connectivity index (χ0) is 58.6. The van der Waals surface area contributed by atoms with Crippen LogP contribution in [0.3, 0.4) is 0 Å². The highest BCUT2D eigenvalue weighted by molar-refractivity contribution is 7.47. The molecule has 0 aromatic rings. The summed E-state index contributed by atoms with van der Waals surface area (Å²) < 4.78 is 30.8. The van der Waals surface area contributed by atoms with Crippen molar-refractivity contribution in [3.63, 3.8) is 0 Å². The first kappa shape index (κ1) is 77.2. The molecule has 0 aliphatic rings. The van der Waals surface area contributed by atoms with E-state index in [0.29, 0.717) is 17.4 Å². The van der Waals surface area contributed by atoms with E-state index in [1.54, 1.807) is 0 Å². The number of phosphoric acid groups is 1. The summed E-state index contributed by atoms with van der Waals surface area (Å²) in [4.78, 5) is 37.8. The van der Waals surface area contributed by atoms with E-state index >= 15 is 0 Å². The summed E-state index contributed by atoms with van der Waals surface area (Å²) >= 11 is 0. The van der Waals surface area contributed by atoms with E-state index in [1.807, 2.05) is 33.3 Å². The number of likely N-dealkylation sites (N-methyl/N-ethyl adjacent to an activating group) is 1. The number of rotatable bonds is 60. The fourth-order valence-electron chi connectivity index (χ4n) is 9.37. The Bertz CT molecular complexity index is 1640. The molecule has 0 saturated heterocycles. The molecule has 0 aromatic heterocycles. The lowest BCUT2D eigenvalue weighted by molar-refractivity contribution is -0.870. The predicted octanol–water partition coefficient (Wildman–Crippen LogP) is 21.0. The Hall–Kier alpha value is -2.81. The van der Waals surface area contributed by atoms with E-state index in [2.05, 4.69) is 99.0 Å². The molecule has 0 aliphatic carbocycles. The van der Waals surface area contributed by atoms with E-state index in [9.17, 15) is 19.0 Å². The molecule has 0 fully saturated rings. The van der Waals surface area contributed by atoms with Crippen LogP contribution in [0.25, 0.3) is 0 Å². The molecule has 0 saturated carbocycles. The fraction of sp³-hybridized carbons (Fsp3) is 0.771. The van der Waals surface area contributed by atoms with E-state index in [0.717, 1.165) is 96.3 Å². The second-order valence-corrected chi connectivity index (χ2v) is 25.1. The van der Waals surface area contributed by atoms with Gasteiger partial charge in [0.1, 0.15) is 19.3 Å². The van der Waals surface area contributed by atoms with Gasteiger partial charge in [-0.25, -0.2) is 4.57 Å². The number of nitrogens with one attached hydrogen (secondary N) is 1. The molecular weight excluding hydrogens is 1010 g/mol. The lowest BCUT2D eigenvalue weighted by Crippen LogP contribution is -2.47. The number of hydrogen-bond donors (Lipinski definition) is 2. The van der Waals surface area contributed by atoms with Crippen LogP contribution in [0.2, 0.25) is 0 Å². The van der Waals surface area contributed by atoms with Gasteiger partial charge in [-0.15, -0.1) is 0 Å². The number of amides is 1. The van der Waals surface area contributed by atoms with Crippen LogP contribution in [0.1, 0.15) is 297 Å². The summed E-state index contributed by atoms with van der Waals surface area (Å²) in [6.45, 7) is 6.96. The monoisotopic (exact) mass is 1140 g/mol. The first-order valence-corrected chi connectivity index (χ1v) is 34.9. The first-order chi connectivity index (χ1) is 38.9. The number of phosphoric ester groups is 1. The van der Waals surface area contributed by atoms with Gasteiger partial charge in [0.2, 0.25) is 5.91 Å². The number of hydrogen-bond acceptors (Lipinski definition) is 6. The molecule has 0 aliphatic heterocycles. The quantitative estimate of drug-likeness (QED) is 0.0205. The average molecular weight is 1140 g/mol. The summed E-state index contributed by atoms with van der Waals surface area (Å²) in [5.41, 5.74) is 0. The van der Waals surface area contributed by atoms with Gasteiger partial charge in [-0.1, -0.05) is 260 Å². The molecule has 464 valence electrons. The Morgan fingerprint density at radius 2 is 0.762 bits per heavy atom. The van der Waals surface area contributed by atoms with E-state index in [-0.39, 0.29) is 31.5 Å². The molecule has 2 N–H and O–H groups in total. The molecule has 1 amide bonds. The number of quaternary nitrogens is 1. The van der Waals surface area contributed by atoms with Crippen molar-refractivity contribution in [1.29, 1.82) is 0 Å². The van der Waals surface area contributed by atoms with Gasteiger partial charge in [0.05, 0.1) is 33.8 Å². The normalized spacial score (nSPS) is 14.1.